The highest BCUT2D eigenvalue weighted by atomic mass is 16.2. The molecule has 0 aromatic carbocycles. The van der Waals surface area contributed by atoms with Crippen LogP contribution in [0, 0.1) is 5.92 Å². The number of amides is 1. The van der Waals surface area contributed by atoms with E-state index in [2.05, 4.69) is 37.9 Å². The molecule has 0 radical (unpaired) electrons. The molecule has 3 nitrogen and oxygen atoms in total. The van der Waals surface area contributed by atoms with Crippen molar-refractivity contribution >= 4 is 5.91 Å². The Bertz CT molecular complexity index is 226. The van der Waals surface area contributed by atoms with E-state index in [0.717, 1.165) is 32.4 Å². The zero-order valence-electron chi connectivity index (χ0n) is 11.1. The monoisotopic (exact) mass is 226 g/mol. The Morgan fingerprint density at radius 3 is 2.69 bits per heavy atom. The van der Waals surface area contributed by atoms with Gasteiger partial charge in [0.2, 0.25) is 5.91 Å². The summed E-state index contributed by atoms with van der Waals surface area (Å²) in [6.07, 6.45) is 3.23. The van der Waals surface area contributed by atoms with Crippen molar-refractivity contribution in [1.29, 1.82) is 0 Å². The summed E-state index contributed by atoms with van der Waals surface area (Å²) in [5, 5.41) is 3.28. The third-order valence-electron chi connectivity index (χ3n) is 3.27. The van der Waals surface area contributed by atoms with Gasteiger partial charge in [-0.25, -0.2) is 0 Å². The number of hydrogen-bond acceptors (Lipinski definition) is 2. The first-order chi connectivity index (χ1) is 7.56. The van der Waals surface area contributed by atoms with Crippen LogP contribution in [0.15, 0.2) is 0 Å². The lowest BCUT2D eigenvalue weighted by molar-refractivity contribution is -0.138. The Hall–Kier alpha value is -0.570. The van der Waals surface area contributed by atoms with E-state index in [1.807, 2.05) is 0 Å². The van der Waals surface area contributed by atoms with Gasteiger partial charge >= 0.3 is 0 Å². The zero-order chi connectivity index (χ0) is 12.1. The predicted octanol–water partition coefficient (Wildman–Crippen LogP) is 2.02. The fraction of sp³-hybridized carbons (Fsp3) is 0.923. The molecule has 1 aliphatic heterocycles. The minimum absolute atomic E-state index is 0.0633. The summed E-state index contributed by atoms with van der Waals surface area (Å²) >= 11 is 0. The van der Waals surface area contributed by atoms with E-state index in [1.54, 1.807) is 0 Å². The molecule has 3 heteroatoms. The van der Waals surface area contributed by atoms with Gasteiger partial charge in [-0.1, -0.05) is 20.8 Å². The topological polar surface area (TPSA) is 32.3 Å². The van der Waals surface area contributed by atoms with Gasteiger partial charge in [0.1, 0.15) is 0 Å². The Balaban J connectivity index is 2.55. The lowest BCUT2D eigenvalue weighted by atomic mass is 9.98. The van der Waals surface area contributed by atoms with E-state index in [1.165, 1.54) is 0 Å². The minimum Gasteiger partial charge on any atom is -0.339 e. The number of piperidine rings is 1. The minimum atomic E-state index is 0.0633. The van der Waals surface area contributed by atoms with Gasteiger partial charge in [0.05, 0.1) is 6.04 Å². The molecule has 1 saturated heterocycles. The van der Waals surface area contributed by atoms with Gasteiger partial charge in [0.25, 0.3) is 0 Å². The summed E-state index contributed by atoms with van der Waals surface area (Å²) < 4.78 is 0. The van der Waals surface area contributed by atoms with E-state index in [4.69, 9.17) is 0 Å². The number of nitrogens with one attached hydrogen (secondary N) is 1. The Kier molecular flexibility index (Phi) is 5.26. The Morgan fingerprint density at radius 1 is 1.44 bits per heavy atom. The number of nitrogens with zero attached hydrogens (tertiary/aromatic N) is 1. The molecule has 1 amide bonds. The summed E-state index contributed by atoms with van der Waals surface area (Å²) in [5.41, 5.74) is 0. The molecule has 1 heterocycles. The van der Waals surface area contributed by atoms with Crippen LogP contribution in [0.1, 0.15) is 47.0 Å². The van der Waals surface area contributed by atoms with Crippen LogP contribution in [0.5, 0.6) is 0 Å². The third kappa shape index (κ3) is 3.48. The SMILES string of the molecule is CCNC1CCCN(C(C)CC(C)C)C1=O. The van der Waals surface area contributed by atoms with Crippen LogP contribution in [-0.2, 0) is 4.79 Å². The molecule has 0 aromatic rings. The van der Waals surface area contributed by atoms with E-state index in [-0.39, 0.29) is 6.04 Å². The van der Waals surface area contributed by atoms with E-state index in [9.17, 15) is 4.79 Å². The molecule has 0 bridgehead atoms. The predicted molar refractivity (Wildman–Crippen MR) is 67.3 cm³/mol. The lowest BCUT2D eigenvalue weighted by Gasteiger charge is -2.37. The van der Waals surface area contributed by atoms with E-state index in [0.29, 0.717) is 17.9 Å². The molecule has 0 spiro atoms. The molecule has 0 aliphatic carbocycles. The van der Waals surface area contributed by atoms with Gasteiger partial charge in [0.15, 0.2) is 0 Å². The Morgan fingerprint density at radius 2 is 2.12 bits per heavy atom. The van der Waals surface area contributed by atoms with Crippen molar-refractivity contribution in [2.45, 2.75) is 59.0 Å². The van der Waals surface area contributed by atoms with Crippen LogP contribution in [0.3, 0.4) is 0 Å². The van der Waals surface area contributed by atoms with Crippen LogP contribution in [0.4, 0.5) is 0 Å². The third-order valence-corrected chi connectivity index (χ3v) is 3.27. The molecule has 16 heavy (non-hydrogen) atoms. The zero-order valence-corrected chi connectivity index (χ0v) is 11.1. The summed E-state index contributed by atoms with van der Waals surface area (Å²) in [7, 11) is 0. The summed E-state index contributed by atoms with van der Waals surface area (Å²) in [6, 6.07) is 0.447. The second-order valence-corrected chi connectivity index (χ2v) is 5.26. The van der Waals surface area contributed by atoms with Gasteiger partial charge in [-0.15, -0.1) is 0 Å². The fourth-order valence-electron chi connectivity index (χ4n) is 2.58. The van der Waals surface area contributed by atoms with E-state index < -0.39 is 0 Å². The van der Waals surface area contributed by atoms with Crippen molar-refractivity contribution in [2.75, 3.05) is 13.1 Å². The molecular weight excluding hydrogens is 200 g/mol. The number of likely N-dealkylation sites (N-methyl/N-ethyl adjacent to an activating group) is 1. The number of likely N-dealkylation sites (tertiary alicyclic amines) is 1. The van der Waals surface area contributed by atoms with Gasteiger partial charge in [-0.2, -0.15) is 0 Å². The van der Waals surface area contributed by atoms with Gasteiger partial charge < -0.3 is 10.2 Å². The van der Waals surface area contributed by atoms with Crippen LogP contribution < -0.4 is 5.32 Å². The van der Waals surface area contributed by atoms with Gasteiger partial charge in [-0.05, 0) is 38.6 Å². The molecule has 2 unspecified atom stereocenters. The molecule has 2 atom stereocenters. The normalized spacial score (nSPS) is 23.9. The second-order valence-electron chi connectivity index (χ2n) is 5.26. The maximum absolute atomic E-state index is 12.2. The molecular formula is C13H26N2O. The largest absolute Gasteiger partial charge is 0.339 e. The fourth-order valence-corrected chi connectivity index (χ4v) is 2.58. The molecule has 1 fully saturated rings. The smallest absolute Gasteiger partial charge is 0.239 e. The van der Waals surface area contributed by atoms with Crippen molar-refractivity contribution in [3.63, 3.8) is 0 Å². The maximum Gasteiger partial charge on any atom is 0.239 e. The number of hydrogen-bond donors (Lipinski definition) is 1. The highest BCUT2D eigenvalue weighted by molar-refractivity contribution is 5.82. The van der Waals surface area contributed by atoms with Crippen LogP contribution in [0.2, 0.25) is 0 Å². The van der Waals surface area contributed by atoms with Crippen molar-refractivity contribution < 1.29 is 4.79 Å². The highest BCUT2D eigenvalue weighted by Crippen LogP contribution is 2.18. The van der Waals surface area contributed by atoms with Crippen molar-refractivity contribution in [1.82, 2.24) is 10.2 Å². The average molecular weight is 226 g/mol. The van der Waals surface area contributed by atoms with Crippen molar-refractivity contribution in [3.05, 3.63) is 0 Å². The van der Waals surface area contributed by atoms with Crippen LogP contribution in [0.25, 0.3) is 0 Å². The molecule has 0 saturated carbocycles. The quantitative estimate of drug-likeness (QED) is 0.778. The van der Waals surface area contributed by atoms with E-state index >= 15 is 0 Å². The van der Waals surface area contributed by atoms with Crippen LogP contribution >= 0.6 is 0 Å². The lowest BCUT2D eigenvalue weighted by Crippen LogP contribution is -2.53. The average Bonchev–Trinajstić information content (AvgIpc) is 2.20. The number of carbonyl (C=O) groups is 1. The van der Waals surface area contributed by atoms with Gasteiger partial charge in [-0.3, -0.25) is 4.79 Å². The highest BCUT2D eigenvalue weighted by Gasteiger charge is 2.30. The van der Waals surface area contributed by atoms with Gasteiger partial charge in [0, 0.05) is 12.6 Å². The molecule has 1 aliphatic rings. The second kappa shape index (κ2) is 6.24. The summed E-state index contributed by atoms with van der Waals surface area (Å²) in [4.78, 5) is 14.3. The first kappa shape index (κ1) is 13.5. The molecule has 1 N–H and O–H groups in total. The number of carbonyl (C=O) groups excluding carboxylic acids is 1. The van der Waals surface area contributed by atoms with Crippen molar-refractivity contribution in [2.24, 2.45) is 5.92 Å². The van der Waals surface area contributed by atoms with Crippen LogP contribution in [-0.4, -0.2) is 36.0 Å². The Labute approximate surface area is 99.6 Å². The molecule has 94 valence electrons. The molecule has 1 rings (SSSR count). The first-order valence-electron chi connectivity index (χ1n) is 6.60. The number of rotatable bonds is 5. The maximum atomic E-state index is 12.2. The summed E-state index contributed by atoms with van der Waals surface area (Å²) in [5.74, 6) is 0.962. The summed E-state index contributed by atoms with van der Waals surface area (Å²) in [6.45, 7) is 10.5. The van der Waals surface area contributed by atoms with Crippen molar-refractivity contribution in [3.8, 4) is 0 Å². The first-order valence-corrected chi connectivity index (χ1v) is 6.60. The molecule has 0 aromatic heterocycles. The standard InChI is InChI=1S/C13H26N2O/c1-5-14-12-7-6-8-15(13(12)16)11(4)9-10(2)3/h10-12,14H,5-9H2,1-4H3.